The number of amides is 1. The van der Waals surface area contributed by atoms with Gasteiger partial charge in [0.05, 0.1) is 5.56 Å². The Morgan fingerprint density at radius 1 is 1.37 bits per heavy atom. The fraction of sp³-hybridized carbons (Fsp3) is 0. The second-order valence-electron chi connectivity index (χ2n) is 3.86. The van der Waals surface area contributed by atoms with Gasteiger partial charge in [0.15, 0.2) is 11.5 Å². The fourth-order valence-electron chi connectivity index (χ4n) is 1.76. The molecule has 0 saturated heterocycles. The van der Waals surface area contributed by atoms with Gasteiger partial charge in [-0.25, -0.2) is 14.5 Å². The Bertz CT molecular complexity index is 783. The standard InChI is InChI=1S/C12H8FN5O/c13-9-6-7(3-4-15-9)11-16-12-8(10(14)19)2-1-5-18(12)17-11/h1-6H,(H2,14,19). The molecule has 0 radical (unpaired) electrons. The van der Waals surface area contributed by atoms with Crippen LogP contribution in [0.5, 0.6) is 0 Å². The molecule has 3 aromatic rings. The zero-order chi connectivity index (χ0) is 13.4. The largest absolute Gasteiger partial charge is 0.365 e. The number of hydrogen-bond donors (Lipinski definition) is 1. The lowest BCUT2D eigenvalue weighted by atomic mass is 10.2. The van der Waals surface area contributed by atoms with Crippen LogP contribution in [0.2, 0.25) is 0 Å². The van der Waals surface area contributed by atoms with Gasteiger partial charge in [-0.05, 0) is 18.2 Å². The monoisotopic (exact) mass is 257 g/mol. The minimum Gasteiger partial charge on any atom is -0.365 e. The molecule has 0 aliphatic rings. The highest BCUT2D eigenvalue weighted by Gasteiger charge is 2.13. The Morgan fingerprint density at radius 2 is 2.21 bits per heavy atom. The van der Waals surface area contributed by atoms with Gasteiger partial charge in [0, 0.05) is 24.0 Å². The second-order valence-corrected chi connectivity index (χ2v) is 3.86. The van der Waals surface area contributed by atoms with Crippen molar-refractivity contribution < 1.29 is 9.18 Å². The molecule has 0 aliphatic carbocycles. The minimum atomic E-state index is -0.619. The first-order chi connectivity index (χ1) is 9.15. The third kappa shape index (κ3) is 1.90. The SMILES string of the molecule is NC(=O)c1cccn2nc(-c3ccnc(F)c3)nc12. The Morgan fingerprint density at radius 3 is 2.95 bits per heavy atom. The van der Waals surface area contributed by atoms with Gasteiger partial charge >= 0.3 is 0 Å². The van der Waals surface area contributed by atoms with Crippen molar-refractivity contribution in [1.29, 1.82) is 0 Å². The quantitative estimate of drug-likeness (QED) is 0.695. The number of aromatic nitrogens is 4. The number of fused-ring (bicyclic) bond motifs is 1. The first kappa shape index (κ1) is 11.3. The molecule has 3 aromatic heterocycles. The predicted molar refractivity (Wildman–Crippen MR) is 64.7 cm³/mol. The van der Waals surface area contributed by atoms with Gasteiger partial charge in [-0.2, -0.15) is 4.39 Å². The lowest BCUT2D eigenvalue weighted by molar-refractivity contribution is 0.100. The van der Waals surface area contributed by atoms with Gasteiger partial charge in [-0.15, -0.1) is 5.10 Å². The van der Waals surface area contributed by atoms with Gasteiger partial charge in [0.2, 0.25) is 5.95 Å². The van der Waals surface area contributed by atoms with Gasteiger partial charge < -0.3 is 5.73 Å². The number of nitrogens with two attached hydrogens (primary N) is 1. The number of carbonyl (C=O) groups excluding carboxylic acids is 1. The minimum absolute atomic E-state index is 0.260. The van der Waals surface area contributed by atoms with Crippen LogP contribution in [0.1, 0.15) is 10.4 Å². The summed E-state index contributed by atoms with van der Waals surface area (Å²) in [5.74, 6) is -0.910. The van der Waals surface area contributed by atoms with E-state index in [4.69, 9.17) is 5.73 Å². The lowest BCUT2D eigenvalue weighted by Gasteiger charge is -1.95. The molecule has 3 heterocycles. The van der Waals surface area contributed by atoms with Crippen LogP contribution in [0.15, 0.2) is 36.7 Å². The van der Waals surface area contributed by atoms with Crippen molar-refractivity contribution in [2.75, 3.05) is 0 Å². The van der Waals surface area contributed by atoms with Crippen molar-refractivity contribution >= 4 is 11.6 Å². The maximum absolute atomic E-state index is 13.1. The summed E-state index contributed by atoms with van der Waals surface area (Å²) in [4.78, 5) is 18.9. The van der Waals surface area contributed by atoms with Crippen LogP contribution in [0.25, 0.3) is 17.0 Å². The van der Waals surface area contributed by atoms with Gasteiger partial charge in [-0.3, -0.25) is 4.79 Å². The summed E-state index contributed by atoms with van der Waals surface area (Å²) in [6.45, 7) is 0. The number of hydrogen-bond acceptors (Lipinski definition) is 4. The third-order valence-corrected chi connectivity index (χ3v) is 2.61. The van der Waals surface area contributed by atoms with E-state index in [0.29, 0.717) is 17.0 Å². The molecule has 0 fully saturated rings. The lowest BCUT2D eigenvalue weighted by Crippen LogP contribution is -2.12. The van der Waals surface area contributed by atoms with Crippen molar-refractivity contribution in [3.05, 3.63) is 48.2 Å². The maximum Gasteiger partial charge on any atom is 0.252 e. The molecule has 0 unspecified atom stereocenters. The molecular weight excluding hydrogens is 249 g/mol. The molecule has 3 rings (SSSR count). The molecule has 0 saturated carbocycles. The van der Waals surface area contributed by atoms with E-state index in [9.17, 15) is 9.18 Å². The Balaban J connectivity index is 2.22. The molecular formula is C12H8FN5O. The molecule has 1 amide bonds. The number of pyridine rings is 2. The van der Waals surface area contributed by atoms with E-state index in [1.165, 1.54) is 16.8 Å². The summed E-state index contributed by atoms with van der Waals surface area (Å²) < 4.78 is 14.5. The van der Waals surface area contributed by atoms with E-state index in [2.05, 4.69) is 15.1 Å². The number of carbonyl (C=O) groups is 1. The molecule has 0 spiro atoms. The van der Waals surface area contributed by atoms with Crippen LogP contribution in [0.3, 0.4) is 0 Å². The average Bonchev–Trinajstić information content (AvgIpc) is 2.82. The van der Waals surface area contributed by atoms with Crippen LogP contribution in [0.4, 0.5) is 4.39 Å². The zero-order valence-corrected chi connectivity index (χ0v) is 9.62. The van der Waals surface area contributed by atoms with E-state index in [1.54, 1.807) is 24.4 Å². The summed E-state index contributed by atoms with van der Waals surface area (Å²) in [6, 6.07) is 6.00. The predicted octanol–water partition coefficient (Wildman–Crippen LogP) is 1.03. The topological polar surface area (TPSA) is 86.2 Å². The molecule has 7 heteroatoms. The summed E-state index contributed by atoms with van der Waals surface area (Å²) in [5.41, 5.74) is 6.34. The van der Waals surface area contributed by atoms with E-state index in [0.717, 1.165) is 0 Å². The Hall–Kier alpha value is -2.83. The van der Waals surface area contributed by atoms with Crippen LogP contribution < -0.4 is 5.73 Å². The Kier molecular flexibility index (Phi) is 2.45. The van der Waals surface area contributed by atoms with Crippen molar-refractivity contribution in [1.82, 2.24) is 19.6 Å². The van der Waals surface area contributed by atoms with Crippen LogP contribution >= 0.6 is 0 Å². The zero-order valence-electron chi connectivity index (χ0n) is 9.62. The van der Waals surface area contributed by atoms with Gasteiger partial charge in [0.1, 0.15) is 0 Å². The average molecular weight is 257 g/mol. The van der Waals surface area contributed by atoms with Crippen molar-refractivity contribution in [2.24, 2.45) is 5.73 Å². The molecule has 0 aliphatic heterocycles. The number of halogens is 1. The normalized spacial score (nSPS) is 10.8. The van der Waals surface area contributed by atoms with Crippen LogP contribution in [-0.4, -0.2) is 25.5 Å². The number of nitrogens with zero attached hydrogens (tertiary/aromatic N) is 4. The second kappa shape index (κ2) is 4.13. The summed E-state index contributed by atoms with van der Waals surface area (Å²) in [6.07, 6.45) is 2.96. The highest BCUT2D eigenvalue weighted by molar-refractivity contribution is 5.98. The van der Waals surface area contributed by atoms with Crippen LogP contribution in [0, 0.1) is 5.95 Å². The van der Waals surface area contributed by atoms with Gasteiger partial charge in [-0.1, -0.05) is 0 Å². The maximum atomic E-state index is 13.1. The molecule has 0 aromatic carbocycles. The highest BCUT2D eigenvalue weighted by Crippen LogP contribution is 2.17. The molecule has 0 bridgehead atoms. The first-order valence-electron chi connectivity index (χ1n) is 5.42. The summed E-state index contributed by atoms with van der Waals surface area (Å²) >= 11 is 0. The van der Waals surface area contributed by atoms with E-state index < -0.39 is 11.9 Å². The Labute approximate surface area is 106 Å². The smallest absolute Gasteiger partial charge is 0.252 e. The third-order valence-electron chi connectivity index (χ3n) is 2.61. The molecule has 6 nitrogen and oxygen atoms in total. The fourth-order valence-corrected chi connectivity index (χ4v) is 1.76. The van der Waals surface area contributed by atoms with Crippen molar-refractivity contribution in [3.8, 4) is 11.4 Å². The van der Waals surface area contributed by atoms with E-state index in [-0.39, 0.29) is 5.56 Å². The first-order valence-corrected chi connectivity index (χ1v) is 5.42. The van der Waals surface area contributed by atoms with Gasteiger partial charge in [0.25, 0.3) is 5.91 Å². The molecule has 19 heavy (non-hydrogen) atoms. The number of rotatable bonds is 2. The molecule has 0 atom stereocenters. The van der Waals surface area contributed by atoms with Crippen molar-refractivity contribution in [2.45, 2.75) is 0 Å². The molecule has 2 N–H and O–H groups in total. The highest BCUT2D eigenvalue weighted by atomic mass is 19.1. The summed E-state index contributed by atoms with van der Waals surface area (Å²) in [7, 11) is 0. The molecule has 94 valence electrons. The number of primary amides is 1. The van der Waals surface area contributed by atoms with Crippen molar-refractivity contribution in [3.63, 3.8) is 0 Å². The van der Waals surface area contributed by atoms with Crippen LogP contribution in [-0.2, 0) is 0 Å². The summed E-state index contributed by atoms with van der Waals surface area (Å²) in [5, 5.41) is 4.17. The van der Waals surface area contributed by atoms with E-state index >= 15 is 0 Å². The van der Waals surface area contributed by atoms with E-state index in [1.807, 2.05) is 0 Å².